The standard InChI is InChI=1S/C25H34N4O5/c1-16(17-6-4-7-17)28(2)25(32)33-15-22-23(26-27-29(22)3)18-10-12-20(13-11-18)34-21-9-5-8-19(14-21)24(30)31/h10-13,16-17,19,21H,4-9,14-15H2,1-3H3,(H,30,31). The van der Waals surface area contributed by atoms with E-state index in [1.165, 1.54) is 6.42 Å². The van der Waals surface area contributed by atoms with E-state index in [9.17, 15) is 14.7 Å². The van der Waals surface area contributed by atoms with Crippen LogP contribution < -0.4 is 4.74 Å². The fraction of sp³-hybridized carbons (Fsp3) is 0.600. The minimum atomic E-state index is -0.747. The Morgan fingerprint density at radius 2 is 1.88 bits per heavy atom. The molecule has 34 heavy (non-hydrogen) atoms. The Labute approximate surface area is 200 Å². The lowest BCUT2D eigenvalue weighted by Crippen LogP contribution is -2.42. The summed E-state index contributed by atoms with van der Waals surface area (Å²) in [7, 11) is 3.57. The molecule has 0 aliphatic heterocycles. The molecule has 0 saturated heterocycles. The third-order valence-corrected chi connectivity index (χ3v) is 7.41. The van der Waals surface area contributed by atoms with Crippen LogP contribution in [0.25, 0.3) is 11.3 Å². The number of carbonyl (C=O) groups is 2. The summed E-state index contributed by atoms with van der Waals surface area (Å²) >= 11 is 0. The quantitative estimate of drug-likeness (QED) is 0.614. The Kier molecular flexibility index (Phi) is 7.38. The van der Waals surface area contributed by atoms with Gasteiger partial charge in [-0.15, -0.1) is 5.10 Å². The molecule has 2 aliphatic carbocycles. The van der Waals surface area contributed by atoms with Gasteiger partial charge in [0.2, 0.25) is 0 Å². The molecule has 2 aromatic rings. The van der Waals surface area contributed by atoms with Crippen LogP contribution in [0.5, 0.6) is 5.75 Å². The van der Waals surface area contributed by atoms with E-state index in [-0.39, 0.29) is 30.8 Å². The Bertz CT molecular complexity index is 1000. The van der Waals surface area contributed by atoms with E-state index in [0.29, 0.717) is 35.9 Å². The van der Waals surface area contributed by atoms with Gasteiger partial charge in [-0.05, 0) is 75.6 Å². The van der Waals surface area contributed by atoms with Crippen LogP contribution in [0.1, 0.15) is 57.6 Å². The highest BCUT2D eigenvalue weighted by Gasteiger charge is 2.30. The number of aryl methyl sites for hydroxylation is 1. The largest absolute Gasteiger partial charge is 0.490 e. The third kappa shape index (κ3) is 5.34. The zero-order chi connectivity index (χ0) is 24.2. The second-order valence-electron chi connectivity index (χ2n) is 9.57. The second kappa shape index (κ2) is 10.4. The van der Waals surface area contributed by atoms with Gasteiger partial charge in [0.25, 0.3) is 0 Å². The van der Waals surface area contributed by atoms with Crippen molar-refractivity contribution >= 4 is 12.1 Å². The molecule has 0 spiro atoms. The molecule has 9 nitrogen and oxygen atoms in total. The number of rotatable bonds is 8. The molecule has 0 radical (unpaired) electrons. The number of nitrogens with zero attached hydrogens (tertiary/aromatic N) is 4. The fourth-order valence-corrected chi connectivity index (χ4v) is 4.76. The molecular formula is C25H34N4O5. The van der Waals surface area contributed by atoms with E-state index >= 15 is 0 Å². The zero-order valence-electron chi connectivity index (χ0n) is 20.1. The van der Waals surface area contributed by atoms with E-state index in [0.717, 1.165) is 31.2 Å². The van der Waals surface area contributed by atoms with Gasteiger partial charge in [0.1, 0.15) is 23.7 Å². The van der Waals surface area contributed by atoms with Gasteiger partial charge in [-0.25, -0.2) is 9.48 Å². The maximum atomic E-state index is 12.6. The number of hydrogen-bond acceptors (Lipinski definition) is 6. The third-order valence-electron chi connectivity index (χ3n) is 7.41. The molecule has 3 atom stereocenters. The summed E-state index contributed by atoms with van der Waals surface area (Å²) in [6, 6.07) is 7.67. The van der Waals surface area contributed by atoms with Crippen molar-refractivity contribution in [3.63, 3.8) is 0 Å². The number of ether oxygens (including phenoxy) is 2. The molecule has 1 amide bonds. The van der Waals surface area contributed by atoms with Crippen molar-refractivity contribution in [2.24, 2.45) is 18.9 Å². The Balaban J connectivity index is 1.37. The van der Waals surface area contributed by atoms with Crippen LogP contribution >= 0.6 is 0 Å². The van der Waals surface area contributed by atoms with Gasteiger partial charge in [-0.2, -0.15) is 0 Å². The molecule has 3 unspecified atom stereocenters. The van der Waals surface area contributed by atoms with Gasteiger partial charge in [0.05, 0.1) is 12.0 Å². The minimum Gasteiger partial charge on any atom is -0.490 e. The van der Waals surface area contributed by atoms with Crippen LogP contribution in [0.4, 0.5) is 4.79 Å². The van der Waals surface area contributed by atoms with Crippen molar-refractivity contribution in [3.8, 4) is 17.0 Å². The lowest BCUT2D eigenvalue weighted by molar-refractivity contribution is -0.143. The highest BCUT2D eigenvalue weighted by molar-refractivity contribution is 5.70. The molecule has 184 valence electrons. The molecule has 4 rings (SSSR count). The maximum absolute atomic E-state index is 12.6. The summed E-state index contributed by atoms with van der Waals surface area (Å²) in [6.07, 6.45) is 6.08. The molecule has 9 heteroatoms. The average Bonchev–Trinajstić information content (AvgIpc) is 3.16. The van der Waals surface area contributed by atoms with Crippen molar-refractivity contribution in [1.82, 2.24) is 19.9 Å². The molecule has 2 fully saturated rings. The van der Waals surface area contributed by atoms with Crippen molar-refractivity contribution in [3.05, 3.63) is 30.0 Å². The van der Waals surface area contributed by atoms with Gasteiger partial charge >= 0.3 is 12.1 Å². The van der Waals surface area contributed by atoms with E-state index in [1.807, 2.05) is 24.3 Å². The molecule has 1 heterocycles. The number of carbonyl (C=O) groups excluding carboxylic acids is 1. The number of amides is 1. The summed E-state index contributed by atoms with van der Waals surface area (Å²) in [5.74, 6) is 0.168. The molecule has 2 aliphatic rings. The first-order valence-electron chi connectivity index (χ1n) is 12.1. The number of aromatic nitrogens is 3. The van der Waals surface area contributed by atoms with Crippen LogP contribution in [-0.4, -0.2) is 56.3 Å². The maximum Gasteiger partial charge on any atom is 0.410 e. The van der Waals surface area contributed by atoms with E-state index < -0.39 is 5.97 Å². The van der Waals surface area contributed by atoms with Gasteiger partial charge < -0.3 is 19.5 Å². The second-order valence-corrected chi connectivity index (χ2v) is 9.57. The smallest absolute Gasteiger partial charge is 0.410 e. The van der Waals surface area contributed by atoms with Crippen LogP contribution in [-0.2, 0) is 23.2 Å². The minimum absolute atomic E-state index is 0.0797. The number of carboxylic acid groups (broad SMARTS) is 1. The topological polar surface area (TPSA) is 107 Å². The first kappa shape index (κ1) is 24.0. The van der Waals surface area contributed by atoms with E-state index in [1.54, 1.807) is 23.7 Å². The number of carboxylic acids is 1. The average molecular weight is 471 g/mol. The van der Waals surface area contributed by atoms with Gasteiger partial charge in [0.15, 0.2) is 0 Å². The monoisotopic (exact) mass is 470 g/mol. The predicted molar refractivity (Wildman–Crippen MR) is 125 cm³/mol. The van der Waals surface area contributed by atoms with Crippen LogP contribution in [0.2, 0.25) is 0 Å². The summed E-state index contributed by atoms with van der Waals surface area (Å²) in [4.78, 5) is 25.6. The van der Waals surface area contributed by atoms with Gasteiger partial charge in [-0.1, -0.05) is 11.6 Å². The number of aliphatic carboxylic acids is 1. The van der Waals surface area contributed by atoms with Crippen molar-refractivity contribution in [2.45, 2.75) is 70.6 Å². The molecular weight excluding hydrogens is 436 g/mol. The van der Waals surface area contributed by atoms with Crippen LogP contribution in [0.15, 0.2) is 24.3 Å². The molecule has 1 aromatic carbocycles. The fourth-order valence-electron chi connectivity index (χ4n) is 4.76. The SMILES string of the molecule is CC(C1CCC1)N(C)C(=O)OCc1c(-c2ccc(OC3CCCC(C(=O)O)C3)cc2)nnn1C. The molecule has 1 aromatic heterocycles. The first-order chi connectivity index (χ1) is 16.3. The lowest BCUT2D eigenvalue weighted by Gasteiger charge is -2.36. The highest BCUT2D eigenvalue weighted by Crippen LogP contribution is 2.32. The predicted octanol–water partition coefficient (Wildman–Crippen LogP) is 4.26. The Hall–Kier alpha value is -3.10. The Morgan fingerprint density at radius 3 is 2.53 bits per heavy atom. The molecule has 1 N–H and O–H groups in total. The lowest BCUT2D eigenvalue weighted by atomic mass is 9.80. The summed E-state index contributed by atoms with van der Waals surface area (Å²) in [6.45, 7) is 2.15. The highest BCUT2D eigenvalue weighted by atomic mass is 16.6. The summed E-state index contributed by atoms with van der Waals surface area (Å²) < 4.78 is 13.3. The molecule has 2 saturated carbocycles. The van der Waals surface area contributed by atoms with E-state index in [4.69, 9.17) is 9.47 Å². The van der Waals surface area contributed by atoms with Crippen LogP contribution in [0.3, 0.4) is 0 Å². The van der Waals surface area contributed by atoms with Crippen molar-refractivity contribution < 1.29 is 24.2 Å². The van der Waals surface area contributed by atoms with Crippen LogP contribution in [0, 0.1) is 11.8 Å². The zero-order valence-corrected chi connectivity index (χ0v) is 20.1. The summed E-state index contributed by atoms with van der Waals surface area (Å²) in [5, 5.41) is 17.7. The number of hydrogen-bond donors (Lipinski definition) is 1. The van der Waals surface area contributed by atoms with Gasteiger partial charge in [0, 0.05) is 25.7 Å². The Morgan fingerprint density at radius 1 is 1.18 bits per heavy atom. The van der Waals surface area contributed by atoms with Crippen molar-refractivity contribution in [1.29, 1.82) is 0 Å². The molecule has 0 bridgehead atoms. The first-order valence-corrected chi connectivity index (χ1v) is 12.1. The number of benzene rings is 1. The van der Waals surface area contributed by atoms with Crippen molar-refractivity contribution in [2.75, 3.05) is 7.05 Å². The van der Waals surface area contributed by atoms with Gasteiger partial charge in [-0.3, -0.25) is 4.79 Å². The normalized spacial score (nSPS) is 21.4. The summed E-state index contributed by atoms with van der Waals surface area (Å²) in [5.41, 5.74) is 2.21. The van der Waals surface area contributed by atoms with E-state index in [2.05, 4.69) is 17.2 Å².